The molecule has 0 bridgehead atoms. The van der Waals surface area contributed by atoms with E-state index in [4.69, 9.17) is 0 Å². The van der Waals surface area contributed by atoms with Gasteiger partial charge in [-0.1, -0.05) is 0 Å². The van der Waals surface area contributed by atoms with E-state index in [1.165, 1.54) is 16.4 Å². The molecule has 1 heteroatoms. The Kier molecular flexibility index (Phi) is 2.70. The van der Waals surface area contributed by atoms with Gasteiger partial charge in [0, 0.05) is 0 Å². The fourth-order valence-corrected chi connectivity index (χ4v) is 7.08. The zero-order valence-electron chi connectivity index (χ0n) is 11.9. The van der Waals surface area contributed by atoms with E-state index in [1.54, 1.807) is 16.7 Å². The van der Waals surface area contributed by atoms with Crippen molar-refractivity contribution in [3.05, 3.63) is 71.3 Å². The number of allylic oxidation sites excluding steroid dienone is 2. The quantitative estimate of drug-likeness (QED) is 0.489. The van der Waals surface area contributed by atoms with E-state index >= 15 is 0 Å². The Labute approximate surface area is 127 Å². The van der Waals surface area contributed by atoms with Crippen molar-refractivity contribution in [3.63, 3.8) is 0 Å². The maximum absolute atomic E-state index is 2.50. The molecule has 1 unspecified atom stereocenters. The first-order valence-corrected chi connectivity index (χ1v) is 9.31. The Hall–Kier alpha value is -1.30. The molecule has 0 nitrogen and oxygen atoms in total. The van der Waals surface area contributed by atoms with Crippen molar-refractivity contribution < 1.29 is 0 Å². The molecule has 0 saturated heterocycles. The van der Waals surface area contributed by atoms with Crippen LogP contribution < -0.4 is 0 Å². The van der Waals surface area contributed by atoms with Crippen molar-refractivity contribution in [1.82, 2.24) is 0 Å². The summed E-state index contributed by atoms with van der Waals surface area (Å²) in [7, 11) is 0. The van der Waals surface area contributed by atoms with Gasteiger partial charge in [0.15, 0.2) is 0 Å². The molecule has 0 saturated carbocycles. The molecule has 0 fully saturated rings. The third kappa shape index (κ3) is 1.48. The fourth-order valence-electron chi connectivity index (χ4n) is 3.83. The Morgan fingerprint density at radius 1 is 0.950 bits per heavy atom. The molecule has 4 rings (SSSR count). The molecule has 2 aromatic carbocycles. The first-order valence-electron chi connectivity index (χ1n) is 7.24. The molecule has 20 heavy (non-hydrogen) atoms. The Morgan fingerprint density at radius 2 is 1.50 bits per heavy atom. The Balaban J connectivity index is 2.05. The summed E-state index contributed by atoms with van der Waals surface area (Å²) in [6, 6.07) is 18.1. The molecular weight excluding hydrogens is 307 g/mol. The van der Waals surface area contributed by atoms with E-state index in [1.807, 2.05) is 0 Å². The Morgan fingerprint density at radius 3 is 2.05 bits per heavy atom. The number of fused-ring (bicyclic) bond motifs is 5. The van der Waals surface area contributed by atoms with Crippen LogP contribution in [0.25, 0.3) is 11.1 Å². The van der Waals surface area contributed by atoms with Gasteiger partial charge in [-0.2, -0.15) is 0 Å². The number of benzene rings is 2. The van der Waals surface area contributed by atoms with Gasteiger partial charge in [0.25, 0.3) is 0 Å². The normalized spacial score (nSPS) is 22.3. The van der Waals surface area contributed by atoms with Crippen LogP contribution in [0.5, 0.6) is 0 Å². The summed E-state index contributed by atoms with van der Waals surface area (Å²) in [5.41, 5.74) is 7.63. The van der Waals surface area contributed by atoms with Gasteiger partial charge in [-0.05, 0) is 0 Å². The van der Waals surface area contributed by atoms with Crippen LogP contribution in [0.15, 0.2) is 60.2 Å². The molecule has 0 radical (unpaired) electrons. The SMILES string of the molecule is CC1=CC(C)C2([Se]C1)c1ccccc1-c1ccccc12. The Bertz CT molecular complexity index is 666. The van der Waals surface area contributed by atoms with Crippen molar-refractivity contribution in [3.8, 4) is 11.1 Å². The fraction of sp³-hybridized carbons (Fsp3) is 0.263. The molecule has 1 heterocycles. The van der Waals surface area contributed by atoms with Crippen molar-refractivity contribution in [2.24, 2.45) is 5.92 Å². The number of hydrogen-bond donors (Lipinski definition) is 0. The topological polar surface area (TPSA) is 0 Å². The monoisotopic (exact) mass is 326 g/mol. The average Bonchev–Trinajstić information content (AvgIpc) is 2.76. The molecule has 1 atom stereocenters. The van der Waals surface area contributed by atoms with Gasteiger partial charge >= 0.3 is 127 Å². The van der Waals surface area contributed by atoms with Crippen LogP contribution in [0.1, 0.15) is 25.0 Å². The van der Waals surface area contributed by atoms with Crippen LogP contribution >= 0.6 is 0 Å². The molecule has 2 aromatic rings. The summed E-state index contributed by atoms with van der Waals surface area (Å²) < 4.78 is 0.264. The van der Waals surface area contributed by atoms with Gasteiger partial charge in [-0.15, -0.1) is 0 Å². The molecule has 1 aliphatic carbocycles. The zero-order valence-corrected chi connectivity index (χ0v) is 13.6. The van der Waals surface area contributed by atoms with Crippen LogP contribution in [-0.2, 0) is 4.31 Å². The van der Waals surface area contributed by atoms with Crippen LogP contribution in [0.3, 0.4) is 0 Å². The van der Waals surface area contributed by atoms with Crippen LogP contribution in [0.2, 0.25) is 5.32 Å². The summed E-state index contributed by atoms with van der Waals surface area (Å²) in [5, 5.41) is 1.28. The standard InChI is InChI=1S/C19H18Se/c1-13-11-14(2)19(20-12-13)17-9-5-3-7-15(17)16-8-4-6-10-18(16)19/h3-11,14H,12H2,1-2H3. The second-order valence-electron chi connectivity index (χ2n) is 5.92. The predicted octanol–water partition coefficient (Wildman–Crippen LogP) is 4.63. The second kappa shape index (κ2) is 4.35. The van der Waals surface area contributed by atoms with Gasteiger partial charge in [0.2, 0.25) is 0 Å². The zero-order chi connectivity index (χ0) is 13.7. The van der Waals surface area contributed by atoms with Gasteiger partial charge in [-0.25, -0.2) is 0 Å². The molecular formula is C19H18Se. The minimum atomic E-state index is 0.264. The van der Waals surface area contributed by atoms with Crippen molar-refractivity contribution in [2.75, 3.05) is 0 Å². The molecule has 0 aromatic heterocycles. The van der Waals surface area contributed by atoms with Crippen molar-refractivity contribution >= 4 is 15.0 Å². The number of hydrogen-bond acceptors (Lipinski definition) is 0. The van der Waals surface area contributed by atoms with Gasteiger partial charge in [-0.3, -0.25) is 0 Å². The van der Waals surface area contributed by atoms with Crippen molar-refractivity contribution in [2.45, 2.75) is 23.5 Å². The van der Waals surface area contributed by atoms with E-state index in [0.29, 0.717) is 20.9 Å². The summed E-state index contributed by atoms with van der Waals surface area (Å²) in [4.78, 5) is 0. The molecule has 2 aliphatic rings. The third-order valence-corrected chi connectivity index (χ3v) is 8.56. The second-order valence-corrected chi connectivity index (χ2v) is 8.48. The molecule has 1 aliphatic heterocycles. The van der Waals surface area contributed by atoms with Gasteiger partial charge in [0.05, 0.1) is 0 Å². The average molecular weight is 325 g/mol. The summed E-state index contributed by atoms with van der Waals surface area (Å²) >= 11 is 0.591. The van der Waals surface area contributed by atoms with Crippen LogP contribution in [-0.4, -0.2) is 15.0 Å². The van der Waals surface area contributed by atoms with Gasteiger partial charge in [0.1, 0.15) is 0 Å². The molecule has 0 N–H and O–H groups in total. The molecule has 1 spiro atoms. The van der Waals surface area contributed by atoms with Gasteiger partial charge < -0.3 is 0 Å². The third-order valence-electron chi connectivity index (χ3n) is 4.65. The van der Waals surface area contributed by atoms with E-state index < -0.39 is 0 Å². The predicted molar refractivity (Wildman–Crippen MR) is 86.1 cm³/mol. The first-order chi connectivity index (χ1) is 9.73. The van der Waals surface area contributed by atoms with E-state index in [-0.39, 0.29) is 4.31 Å². The molecule has 0 amide bonds. The minimum absolute atomic E-state index is 0.264. The maximum atomic E-state index is 2.50. The van der Waals surface area contributed by atoms with E-state index in [9.17, 15) is 0 Å². The van der Waals surface area contributed by atoms with E-state index in [2.05, 4.69) is 68.5 Å². The summed E-state index contributed by atoms with van der Waals surface area (Å²) in [6.45, 7) is 4.70. The summed E-state index contributed by atoms with van der Waals surface area (Å²) in [6.07, 6.45) is 2.50. The summed E-state index contributed by atoms with van der Waals surface area (Å²) in [5.74, 6) is 0.598. The van der Waals surface area contributed by atoms with Crippen LogP contribution in [0.4, 0.5) is 0 Å². The van der Waals surface area contributed by atoms with Crippen molar-refractivity contribution in [1.29, 1.82) is 0 Å². The van der Waals surface area contributed by atoms with E-state index in [0.717, 1.165) is 0 Å². The first kappa shape index (κ1) is 12.4. The van der Waals surface area contributed by atoms with Crippen LogP contribution in [0, 0.1) is 5.92 Å². The molecule has 100 valence electrons. The number of rotatable bonds is 0.